The van der Waals surface area contributed by atoms with Gasteiger partial charge in [0.05, 0.1) is 0 Å². The van der Waals surface area contributed by atoms with Gasteiger partial charge in [-0.25, -0.2) is 0 Å². The molecule has 1 fully saturated rings. The van der Waals surface area contributed by atoms with Gasteiger partial charge in [-0.3, -0.25) is 0 Å². The van der Waals surface area contributed by atoms with E-state index in [4.69, 9.17) is 9.47 Å². The monoisotopic (exact) mass is 474 g/mol. The lowest BCUT2D eigenvalue weighted by atomic mass is 9.75. The summed E-state index contributed by atoms with van der Waals surface area (Å²) in [6, 6.07) is 0. The van der Waals surface area contributed by atoms with Crippen molar-refractivity contribution in [3.63, 3.8) is 0 Å². The van der Waals surface area contributed by atoms with Gasteiger partial charge >= 0.3 is 0 Å². The Hall–Kier alpha value is 0.490. The number of halogens is 1. The van der Waals surface area contributed by atoms with E-state index in [1.165, 1.54) is 6.92 Å². The molecular weight excluding hydrogens is 439 g/mol. The van der Waals surface area contributed by atoms with Crippen LogP contribution in [0.4, 0.5) is 0 Å². The molecule has 0 saturated carbocycles. The Kier molecular flexibility index (Phi) is 6.43. The van der Waals surface area contributed by atoms with Gasteiger partial charge in [-0.2, -0.15) is 0 Å². The smallest absolute Gasteiger partial charge is 0.221 e. The molecule has 6 nitrogen and oxygen atoms in total. The second kappa shape index (κ2) is 6.83. The summed E-state index contributed by atoms with van der Waals surface area (Å²) >= 11 is 2.08. The first-order chi connectivity index (χ1) is 10.8. The Balaban J connectivity index is 3.56. The minimum absolute atomic E-state index is 0.669. The van der Waals surface area contributed by atoms with E-state index >= 15 is 0 Å². The SMILES string of the molecule is CC(O)C1(O)OC(C(C)(C)I)C(O)(C(O)C(C)(C)C)OC1C(C)(C)C. The molecule has 1 heterocycles. The molecule has 0 aromatic heterocycles. The lowest BCUT2D eigenvalue weighted by Gasteiger charge is -2.59. The van der Waals surface area contributed by atoms with E-state index in [9.17, 15) is 20.4 Å². The van der Waals surface area contributed by atoms with Gasteiger partial charge in [0, 0.05) is 3.42 Å². The standard InChI is InChI=1S/C18H35IO6/c1-10(20)17(22)12(15(5,6)7)24-18(23,11(21)14(2,3)4)13(25-17)16(8,9)19/h10-13,20-23H,1-9H3. The van der Waals surface area contributed by atoms with Gasteiger partial charge in [-0.15, -0.1) is 0 Å². The summed E-state index contributed by atoms with van der Waals surface area (Å²) in [6.07, 6.45) is -4.67. The van der Waals surface area contributed by atoms with Crippen LogP contribution in [0.5, 0.6) is 0 Å². The molecule has 0 aliphatic carbocycles. The third-order valence-electron chi connectivity index (χ3n) is 4.59. The van der Waals surface area contributed by atoms with Crippen LogP contribution in [-0.4, -0.2) is 59.8 Å². The first-order valence-electron chi connectivity index (χ1n) is 8.63. The van der Waals surface area contributed by atoms with Crippen molar-refractivity contribution < 1.29 is 29.9 Å². The Morgan fingerprint density at radius 3 is 1.52 bits per heavy atom. The van der Waals surface area contributed by atoms with Crippen molar-refractivity contribution in [2.24, 2.45) is 10.8 Å². The Labute approximate surface area is 165 Å². The van der Waals surface area contributed by atoms with Gasteiger partial charge in [-0.1, -0.05) is 64.1 Å². The molecule has 1 aliphatic rings. The zero-order valence-electron chi connectivity index (χ0n) is 16.8. The molecule has 150 valence electrons. The first kappa shape index (κ1) is 23.5. The van der Waals surface area contributed by atoms with E-state index in [2.05, 4.69) is 22.6 Å². The van der Waals surface area contributed by atoms with Gasteiger partial charge in [0.25, 0.3) is 0 Å². The van der Waals surface area contributed by atoms with E-state index in [-0.39, 0.29) is 0 Å². The van der Waals surface area contributed by atoms with Crippen molar-refractivity contribution in [1.82, 2.24) is 0 Å². The highest BCUT2D eigenvalue weighted by Gasteiger charge is 2.66. The fraction of sp³-hybridized carbons (Fsp3) is 1.00. The molecule has 4 N–H and O–H groups in total. The normalized spacial score (nSPS) is 37.7. The first-order valence-corrected chi connectivity index (χ1v) is 9.71. The van der Waals surface area contributed by atoms with Gasteiger partial charge in [0.15, 0.2) is 0 Å². The van der Waals surface area contributed by atoms with Gasteiger partial charge in [-0.05, 0) is 31.6 Å². The van der Waals surface area contributed by atoms with Crippen LogP contribution in [0, 0.1) is 10.8 Å². The lowest BCUT2D eigenvalue weighted by molar-refractivity contribution is -0.471. The largest absolute Gasteiger partial charge is 0.388 e. The van der Waals surface area contributed by atoms with Gasteiger partial charge in [0.1, 0.15) is 24.4 Å². The number of hydrogen-bond donors (Lipinski definition) is 4. The summed E-state index contributed by atoms with van der Waals surface area (Å²) in [5.74, 6) is -4.07. The molecule has 0 aromatic rings. The molecule has 1 saturated heterocycles. The lowest BCUT2D eigenvalue weighted by Crippen LogP contribution is -2.76. The van der Waals surface area contributed by atoms with E-state index in [0.29, 0.717) is 0 Å². The predicted octanol–water partition coefficient (Wildman–Crippen LogP) is 2.20. The molecule has 6 atom stereocenters. The van der Waals surface area contributed by atoms with Gasteiger partial charge < -0.3 is 29.9 Å². The van der Waals surface area contributed by atoms with Crippen molar-refractivity contribution >= 4 is 22.6 Å². The number of ether oxygens (including phenoxy) is 2. The maximum atomic E-state index is 11.4. The zero-order chi connectivity index (χ0) is 20.2. The quantitative estimate of drug-likeness (QED) is 0.370. The molecule has 0 amide bonds. The summed E-state index contributed by atoms with van der Waals surface area (Å²) in [6.45, 7) is 15.8. The Morgan fingerprint density at radius 1 is 0.840 bits per heavy atom. The minimum Gasteiger partial charge on any atom is -0.388 e. The number of aliphatic hydroxyl groups excluding tert-OH is 2. The average molecular weight is 474 g/mol. The van der Waals surface area contributed by atoms with Crippen LogP contribution in [0.3, 0.4) is 0 Å². The van der Waals surface area contributed by atoms with E-state index < -0.39 is 50.2 Å². The highest BCUT2D eigenvalue weighted by atomic mass is 127. The molecule has 0 aromatic carbocycles. The zero-order valence-corrected chi connectivity index (χ0v) is 19.0. The van der Waals surface area contributed by atoms with Crippen LogP contribution in [0.1, 0.15) is 62.3 Å². The molecule has 6 unspecified atom stereocenters. The van der Waals surface area contributed by atoms with Crippen molar-refractivity contribution in [2.75, 3.05) is 0 Å². The van der Waals surface area contributed by atoms with Crippen LogP contribution in [0.2, 0.25) is 0 Å². The second-order valence-corrected chi connectivity index (χ2v) is 12.7. The Bertz CT molecular complexity index is 475. The third-order valence-corrected chi connectivity index (χ3v) is 5.15. The maximum absolute atomic E-state index is 11.4. The van der Waals surface area contributed by atoms with Crippen molar-refractivity contribution in [3.8, 4) is 0 Å². The molecule has 25 heavy (non-hydrogen) atoms. The van der Waals surface area contributed by atoms with Gasteiger partial charge in [0.2, 0.25) is 11.6 Å². The third kappa shape index (κ3) is 4.50. The molecular formula is C18H35IO6. The van der Waals surface area contributed by atoms with Crippen molar-refractivity contribution in [1.29, 1.82) is 0 Å². The predicted molar refractivity (Wildman–Crippen MR) is 104 cm³/mol. The molecule has 0 spiro atoms. The molecule has 0 radical (unpaired) electrons. The summed E-state index contributed by atoms with van der Waals surface area (Å²) in [5.41, 5.74) is -1.36. The van der Waals surface area contributed by atoms with Crippen molar-refractivity contribution in [3.05, 3.63) is 0 Å². The Morgan fingerprint density at radius 2 is 1.24 bits per heavy atom. The van der Waals surface area contributed by atoms with E-state index in [0.717, 1.165) is 0 Å². The van der Waals surface area contributed by atoms with Crippen LogP contribution >= 0.6 is 22.6 Å². The maximum Gasteiger partial charge on any atom is 0.221 e. The molecule has 1 rings (SSSR count). The summed E-state index contributed by atoms with van der Waals surface area (Å²) in [7, 11) is 0. The number of hydrogen-bond acceptors (Lipinski definition) is 6. The van der Waals surface area contributed by atoms with Crippen LogP contribution in [-0.2, 0) is 9.47 Å². The highest BCUT2D eigenvalue weighted by molar-refractivity contribution is 14.1. The number of aliphatic hydroxyl groups is 4. The van der Waals surface area contributed by atoms with E-state index in [1.807, 2.05) is 34.6 Å². The molecule has 7 heteroatoms. The number of alkyl halides is 1. The molecule has 0 bridgehead atoms. The van der Waals surface area contributed by atoms with E-state index in [1.54, 1.807) is 20.8 Å². The highest BCUT2D eigenvalue weighted by Crippen LogP contribution is 2.50. The number of rotatable bonds is 3. The summed E-state index contributed by atoms with van der Waals surface area (Å²) in [5, 5.41) is 43.6. The second-order valence-electron chi connectivity index (χ2n) is 9.87. The van der Waals surface area contributed by atoms with Crippen LogP contribution in [0.25, 0.3) is 0 Å². The van der Waals surface area contributed by atoms with Crippen molar-refractivity contribution in [2.45, 2.75) is 102 Å². The molecule has 1 aliphatic heterocycles. The summed E-state index contributed by atoms with van der Waals surface area (Å²) in [4.78, 5) is 0. The summed E-state index contributed by atoms with van der Waals surface area (Å²) < 4.78 is 11.2. The fourth-order valence-corrected chi connectivity index (χ4v) is 3.82. The fourth-order valence-electron chi connectivity index (χ4n) is 3.24. The van der Waals surface area contributed by atoms with Crippen LogP contribution < -0.4 is 0 Å². The minimum atomic E-state index is -2.05. The average Bonchev–Trinajstić information content (AvgIpc) is 2.36. The van der Waals surface area contributed by atoms with Crippen LogP contribution in [0.15, 0.2) is 0 Å². The topological polar surface area (TPSA) is 99.4 Å².